The Kier molecular flexibility index (Phi) is 9.84. The molecule has 0 amide bonds. The van der Waals surface area contributed by atoms with Gasteiger partial charge in [0.2, 0.25) is 0 Å². The van der Waals surface area contributed by atoms with Crippen molar-refractivity contribution >= 4 is 55.3 Å². The topological polar surface area (TPSA) is 83.9 Å². The fraction of sp³-hybridized carbons (Fsp3) is 0. The Bertz CT molecular complexity index is 3820. The number of hydrogen-bond acceptors (Lipinski definition) is 3. The van der Waals surface area contributed by atoms with E-state index in [1.807, 2.05) is 72.8 Å². The van der Waals surface area contributed by atoms with Crippen molar-refractivity contribution in [1.82, 2.24) is 19.2 Å². The molecule has 12 aromatic rings. The Morgan fingerprint density at radius 1 is 0.403 bits per heavy atom. The van der Waals surface area contributed by atoms with E-state index in [1.165, 1.54) is 5.56 Å². The molecule has 0 radical (unpaired) electrons. The zero-order chi connectivity index (χ0) is 44.7. The molecule has 0 spiro atoms. The van der Waals surface area contributed by atoms with E-state index >= 15 is 0 Å². The fourth-order valence-electron chi connectivity index (χ4n) is 9.23. The first-order chi connectivity index (χ1) is 33.1. The Labute approximate surface area is 387 Å². The largest absolute Gasteiger partial charge is 0.308 e. The summed E-state index contributed by atoms with van der Waals surface area (Å²) in [5.74, 6) is 1.38. The molecule has 0 saturated carbocycles. The minimum absolute atomic E-state index is 0.170. The predicted octanol–water partition coefficient (Wildman–Crippen LogP) is 14.4. The molecule has 0 unspecified atom stereocenters. The van der Waals surface area contributed by atoms with Crippen LogP contribution in [-0.2, 0) is 0 Å². The van der Waals surface area contributed by atoms with Crippen LogP contribution < -0.4 is 5.43 Å². The number of hydrogen-bond donors (Lipinski definition) is 2. The molecule has 3 heterocycles. The molecule has 0 aliphatic carbocycles. The van der Waals surface area contributed by atoms with Crippen molar-refractivity contribution in [3.05, 3.63) is 248 Å². The summed E-state index contributed by atoms with van der Waals surface area (Å²) < 4.78 is 4.48. The maximum atomic E-state index is 9.03. The summed E-state index contributed by atoms with van der Waals surface area (Å²) in [6.45, 7) is 0. The number of para-hydroxylation sites is 3. The third-order valence-corrected chi connectivity index (χ3v) is 12.5. The first kappa shape index (κ1) is 39.4. The van der Waals surface area contributed by atoms with Gasteiger partial charge in [0.1, 0.15) is 0 Å². The fourth-order valence-corrected chi connectivity index (χ4v) is 9.23. The van der Waals surface area contributed by atoms with Gasteiger partial charge in [-0.05, 0) is 53.6 Å². The lowest BCUT2D eigenvalue weighted by atomic mass is 10.0. The molecule has 2 N–H and O–H groups in total. The van der Waals surface area contributed by atoms with E-state index in [2.05, 4.69) is 178 Å². The van der Waals surface area contributed by atoms with Crippen LogP contribution in [0.3, 0.4) is 0 Å². The molecule has 0 fully saturated rings. The third-order valence-electron chi connectivity index (χ3n) is 12.5. The zero-order valence-electron chi connectivity index (χ0n) is 36.3. The molecule has 7 heteroatoms. The van der Waals surface area contributed by atoms with Gasteiger partial charge in [-0.1, -0.05) is 194 Å². The summed E-state index contributed by atoms with van der Waals surface area (Å²) in [4.78, 5) is 15.6. The molecule has 316 valence electrons. The summed E-state index contributed by atoms with van der Waals surface area (Å²) in [5.41, 5.74) is 17.4. The molecule has 0 aliphatic rings. The van der Waals surface area contributed by atoms with E-state index in [0.29, 0.717) is 11.7 Å². The lowest BCUT2D eigenvalue weighted by Gasteiger charge is -2.16. The lowest BCUT2D eigenvalue weighted by molar-refractivity contribution is 1.08. The highest BCUT2D eigenvalue weighted by atomic mass is 15.4. The predicted molar refractivity (Wildman–Crippen MR) is 277 cm³/mol. The van der Waals surface area contributed by atoms with Gasteiger partial charge in [0.05, 0.1) is 39.1 Å². The SMILES string of the molecule is N=C(N=C(Nn1c2ccccc2c2cc3c(cc21)c1ccccc1n3-c1ccccc1-c1nc(-c2ccccc2)cc(-c2ccc(-c3ccccc3)cc2)n1)c1ccccc1)c1ccccc1. The standard InChI is InChI=1S/C60H41N7/c61-58(44-23-9-3-10-24-44)64-59(45-25-11-4-12-26-45)65-67-55-32-18-14-28-47(55)50-37-56-49(38-57(50)67)46-27-13-16-30-53(46)66(56)54-31-17-15-29-48(54)60-62-51(42-21-7-2-8-22-42)39-52(63-60)43-35-33-41(34-36-43)40-19-5-1-6-20-40/h1-39H,(H2,61,64,65). The minimum Gasteiger partial charge on any atom is -0.308 e. The maximum absolute atomic E-state index is 9.03. The Morgan fingerprint density at radius 3 is 1.57 bits per heavy atom. The van der Waals surface area contributed by atoms with Gasteiger partial charge in [-0.2, -0.15) is 0 Å². The summed E-state index contributed by atoms with van der Waals surface area (Å²) in [6.07, 6.45) is 0. The Balaban J connectivity index is 1.04. The van der Waals surface area contributed by atoms with Crippen LogP contribution >= 0.6 is 0 Å². The average Bonchev–Trinajstić information content (AvgIpc) is 3.89. The van der Waals surface area contributed by atoms with Crippen molar-refractivity contribution < 1.29 is 0 Å². The highest BCUT2D eigenvalue weighted by Crippen LogP contribution is 2.40. The number of nitrogens with zero attached hydrogens (tertiary/aromatic N) is 5. The number of amidine groups is 2. The van der Waals surface area contributed by atoms with Gasteiger partial charge < -0.3 is 4.57 Å². The molecule has 9 aromatic carbocycles. The average molecular weight is 860 g/mol. The number of fused-ring (bicyclic) bond motifs is 6. The molecule has 7 nitrogen and oxygen atoms in total. The van der Waals surface area contributed by atoms with Crippen molar-refractivity contribution in [1.29, 1.82) is 5.41 Å². The van der Waals surface area contributed by atoms with E-state index in [1.54, 1.807) is 0 Å². The Hall–Kier alpha value is -9.20. The van der Waals surface area contributed by atoms with Crippen molar-refractivity contribution in [3.8, 4) is 50.7 Å². The van der Waals surface area contributed by atoms with Crippen molar-refractivity contribution in [3.63, 3.8) is 0 Å². The highest BCUT2D eigenvalue weighted by Gasteiger charge is 2.22. The van der Waals surface area contributed by atoms with Gasteiger partial charge in [0.15, 0.2) is 17.5 Å². The van der Waals surface area contributed by atoms with E-state index in [0.717, 1.165) is 94.1 Å². The van der Waals surface area contributed by atoms with Gasteiger partial charge >= 0.3 is 0 Å². The molecule has 3 aromatic heterocycles. The lowest BCUT2D eigenvalue weighted by Crippen LogP contribution is -2.25. The number of rotatable bonds is 8. The van der Waals surface area contributed by atoms with Crippen LogP contribution in [0.25, 0.3) is 94.3 Å². The van der Waals surface area contributed by atoms with Crippen molar-refractivity contribution in [2.75, 3.05) is 5.43 Å². The molecule has 12 rings (SSSR count). The van der Waals surface area contributed by atoms with Crippen LogP contribution in [0.5, 0.6) is 0 Å². The molecule has 0 atom stereocenters. The molecular weight excluding hydrogens is 819 g/mol. The second kappa shape index (κ2) is 16.7. The highest BCUT2D eigenvalue weighted by molar-refractivity contribution is 6.20. The number of aliphatic imine (C=N–C) groups is 1. The monoisotopic (exact) mass is 859 g/mol. The third kappa shape index (κ3) is 7.21. The maximum Gasteiger partial charge on any atom is 0.162 e. The van der Waals surface area contributed by atoms with E-state index < -0.39 is 0 Å². The smallest absolute Gasteiger partial charge is 0.162 e. The summed E-state index contributed by atoms with van der Waals surface area (Å²) in [5, 5.41) is 13.4. The zero-order valence-corrected chi connectivity index (χ0v) is 36.3. The van der Waals surface area contributed by atoms with Crippen LogP contribution in [0, 0.1) is 5.41 Å². The first-order valence-corrected chi connectivity index (χ1v) is 22.4. The van der Waals surface area contributed by atoms with Gasteiger partial charge in [0.25, 0.3) is 0 Å². The van der Waals surface area contributed by atoms with Gasteiger partial charge in [-0.25, -0.2) is 15.0 Å². The summed E-state index contributed by atoms with van der Waals surface area (Å²) in [6, 6.07) is 81.3. The first-order valence-electron chi connectivity index (χ1n) is 22.4. The van der Waals surface area contributed by atoms with Gasteiger partial charge in [-0.3, -0.25) is 15.5 Å². The van der Waals surface area contributed by atoms with Crippen LogP contribution in [-0.4, -0.2) is 30.9 Å². The molecule has 0 aliphatic heterocycles. The Morgan fingerprint density at radius 2 is 0.881 bits per heavy atom. The minimum atomic E-state index is 0.170. The number of nitrogens with one attached hydrogen (secondary N) is 2. The summed E-state index contributed by atoms with van der Waals surface area (Å²) >= 11 is 0. The van der Waals surface area contributed by atoms with Crippen LogP contribution in [0.1, 0.15) is 11.1 Å². The molecule has 67 heavy (non-hydrogen) atoms. The molecular formula is C60H41N7. The quantitative estimate of drug-likeness (QED) is 0.118. The molecule has 0 bridgehead atoms. The van der Waals surface area contributed by atoms with Crippen LogP contribution in [0.15, 0.2) is 242 Å². The van der Waals surface area contributed by atoms with Crippen molar-refractivity contribution in [2.45, 2.75) is 0 Å². The van der Waals surface area contributed by atoms with E-state index in [4.69, 9.17) is 20.4 Å². The van der Waals surface area contributed by atoms with Crippen molar-refractivity contribution in [2.24, 2.45) is 4.99 Å². The van der Waals surface area contributed by atoms with Crippen LogP contribution in [0.2, 0.25) is 0 Å². The van der Waals surface area contributed by atoms with Gasteiger partial charge in [-0.15, -0.1) is 0 Å². The van der Waals surface area contributed by atoms with Crippen LogP contribution in [0.4, 0.5) is 0 Å². The summed E-state index contributed by atoms with van der Waals surface area (Å²) in [7, 11) is 0. The van der Waals surface area contributed by atoms with E-state index in [-0.39, 0.29) is 5.84 Å². The molecule has 0 saturated heterocycles. The number of aromatic nitrogens is 4. The normalized spacial score (nSPS) is 11.7. The second-order valence-corrected chi connectivity index (χ2v) is 16.5. The van der Waals surface area contributed by atoms with Gasteiger partial charge in [0, 0.05) is 49.4 Å². The van der Waals surface area contributed by atoms with E-state index in [9.17, 15) is 0 Å². The second-order valence-electron chi connectivity index (χ2n) is 16.5. The number of benzene rings is 9.